The minimum Gasteiger partial charge on any atom is -0.360 e. The lowest BCUT2D eigenvalue weighted by Gasteiger charge is -2.32. The molecule has 0 aliphatic carbocycles. The van der Waals surface area contributed by atoms with Gasteiger partial charge in [0.2, 0.25) is 11.8 Å². The Labute approximate surface area is 124 Å². The van der Waals surface area contributed by atoms with Crippen molar-refractivity contribution in [1.29, 1.82) is 0 Å². The van der Waals surface area contributed by atoms with Crippen molar-refractivity contribution in [2.45, 2.75) is 33.6 Å². The molecule has 0 unspecified atom stereocenters. The van der Waals surface area contributed by atoms with E-state index in [4.69, 9.17) is 10.3 Å². The van der Waals surface area contributed by atoms with Crippen LogP contribution in [0.15, 0.2) is 10.6 Å². The number of amides is 2. The van der Waals surface area contributed by atoms with Crippen molar-refractivity contribution in [2.75, 3.05) is 25.5 Å². The summed E-state index contributed by atoms with van der Waals surface area (Å²) in [5.74, 6) is 0.516. The van der Waals surface area contributed by atoms with Gasteiger partial charge in [0.15, 0.2) is 5.82 Å². The average Bonchev–Trinajstić information content (AvgIpc) is 2.86. The molecule has 1 rings (SSSR count). The lowest BCUT2D eigenvalue weighted by molar-refractivity contribution is -0.142. The summed E-state index contributed by atoms with van der Waals surface area (Å²) in [6.07, 6.45) is 1.29. The maximum absolute atomic E-state index is 12.5. The van der Waals surface area contributed by atoms with Crippen molar-refractivity contribution in [2.24, 2.45) is 11.1 Å². The second kappa shape index (κ2) is 7.21. The Morgan fingerprint density at radius 1 is 1.43 bits per heavy atom. The highest BCUT2D eigenvalue weighted by molar-refractivity contribution is 5.94. The fourth-order valence-electron chi connectivity index (χ4n) is 2.23. The van der Waals surface area contributed by atoms with Crippen LogP contribution in [0.2, 0.25) is 0 Å². The molecule has 0 radical (unpaired) electrons. The zero-order valence-corrected chi connectivity index (χ0v) is 13.1. The molecule has 0 aliphatic heterocycles. The number of rotatable bonds is 7. The molecule has 1 aromatic heterocycles. The standard InChI is InChI=1S/C14H24N4O3/c1-5-14(6-2,9-15)13(20)18(4)8-12(19)16-11-7-10(3)21-17-11/h7H,5-6,8-9,15H2,1-4H3,(H,16,17,19). The van der Waals surface area contributed by atoms with Crippen LogP contribution in [0.25, 0.3) is 0 Å². The van der Waals surface area contributed by atoms with Gasteiger partial charge in [-0.15, -0.1) is 0 Å². The number of hydrogen-bond acceptors (Lipinski definition) is 5. The average molecular weight is 296 g/mol. The normalized spacial score (nSPS) is 11.3. The number of hydrogen-bond donors (Lipinski definition) is 2. The number of carbonyl (C=O) groups excluding carboxylic acids is 2. The highest BCUT2D eigenvalue weighted by Crippen LogP contribution is 2.27. The molecule has 0 saturated heterocycles. The zero-order chi connectivity index (χ0) is 16.0. The molecule has 21 heavy (non-hydrogen) atoms. The first-order chi connectivity index (χ1) is 9.88. The first kappa shape index (κ1) is 17.2. The highest BCUT2D eigenvalue weighted by Gasteiger charge is 2.36. The Bertz CT molecular complexity index is 486. The van der Waals surface area contributed by atoms with E-state index in [2.05, 4.69) is 10.5 Å². The van der Waals surface area contributed by atoms with Crippen LogP contribution >= 0.6 is 0 Å². The van der Waals surface area contributed by atoms with E-state index in [1.54, 1.807) is 20.0 Å². The summed E-state index contributed by atoms with van der Waals surface area (Å²) in [7, 11) is 1.60. The Hall–Kier alpha value is -1.89. The van der Waals surface area contributed by atoms with Crippen LogP contribution in [0, 0.1) is 12.3 Å². The van der Waals surface area contributed by atoms with Crippen molar-refractivity contribution >= 4 is 17.6 Å². The Morgan fingerprint density at radius 3 is 2.48 bits per heavy atom. The molecule has 0 atom stereocenters. The molecule has 7 nitrogen and oxygen atoms in total. The van der Waals surface area contributed by atoms with Crippen LogP contribution in [0.5, 0.6) is 0 Å². The number of carbonyl (C=O) groups is 2. The van der Waals surface area contributed by atoms with Gasteiger partial charge in [-0.1, -0.05) is 19.0 Å². The molecule has 3 N–H and O–H groups in total. The van der Waals surface area contributed by atoms with E-state index in [0.717, 1.165) is 0 Å². The van der Waals surface area contributed by atoms with Crippen molar-refractivity contribution in [3.8, 4) is 0 Å². The topological polar surface area (TPSA) is 101 Å². The van der Waals surface area contributed by atoms with E-state index in [9.17, 15) is 9.59 Å². The molecule has 0 bridgehead atoms. The van der Waals surface area contributed by atoms with E-state index in [1.807, 2.05) is 13.8 Å². The Kier molecular flexibility index (Phi) is 5.90. The summed E-state index contributed by atoms with van der Waals surface area (Å²) in [6, 6.07) is 1.61. The zero-order valence-electron chi connectivity index (χ0n) is 13.1. The van der Waals surface area contributed by atoms with Crippen LogP contribution in [0.1, 0.15) is 32.4 Å². The monoisotopic (exact) mass is 296 g/mol. The minimum atomic E-state index is -0.598. The fourth-order valence-corrected chi connectivity index (χ4v) is 2.23. The number of aromatic nitrogens is 1. The molecule has 2 amide bonds. The van der Waals surface area contributed by atoms with E-state index in [1.165, 1.54) is 4.90 Å². The molecule has 0 aromatic carbocycles. The molecule has 1 aromatic rings. The molecule has 7 heteroatoms. The van der Waals surface area contributed by atoms with E-state index < -0.39 is 5.41 Å². The van der Waals surface area contributed by atoms with Crippen LogP contribution in [0.3, 0.4) is 0 Å². The molecule has 0 fully saturated rings. The van der Waals surface area contributed by atoms with Gasteiger partial charge in [0.1, 0.15) is 5.76 Å². The minimum absolute atomic E-state index is 0.0491. The first-order valence-electron chi connectivity index (χ1n) is 7.07. The Morgan fingerprint density at radius 2 is 2.05 bits per heavy atom. The summed E-state index contributed by atoms with van der Waals surface area (Å²) in [5.41, 5.74) is 5.16. The van der Waals surface area contributed by atoms with Crippen molar-refractivity contribution in [1.82, 2.24) is 10.1 Å². The van der Waals surface area contributed by atoms with Gasteiger partial charge in [-0.3, -0.25) is 9.59 Å². The second-order valence-corrected chi connectivity index (χ2v) is 5.22. The van der Waals surface area contributed by atoms with Gasteiger partial charge in [-0.25, -0.2) is 0 Å². The molecular weight excluding hydrogens is 272 g/mol. The molecule has 0 saturated carbocycles. The molecule has 0 spiro atoms. The number of aryl methyl sites for hydroxylation is 1. The summed E-state index contributed by atoms with van der Waals surface area (Å²) in [4.78, 5) is 25.8. The Balaban J connectivity index is 2.65. The van der Waals surface area contributed by atoms with Gasteiger partial charge < -0.3 is 20.5 Å². The second-order valence-electron chi connectivity index (χ2n) is 5.22. The largest absolute Gasteiger partial charge is 0.360 e. The predicted molar refractivity (Wildman–Crippen MR) is 79.6 cm³/mol. The quantitative estimate of drug-likeness (QED) is 0.785. The van der Waals surface area contributed by atoms with Gasteiger partial charge in [-0.2, -0.15) is 0 Å². The molecule has 118 valence electrons. The van der Waals surface area contributed by atoms with E-state index >= 15 is 0 Å². The van der Waals surface area contributed by atoms with Gasteiger partial charge in [-0.05, 0) is 19.8 Å². The smallest absolute Gasteiger partial charge is 0.245 e. The molecular formula is C14H24N4O3. The van der Waals surface area contributed by atoms with Crippen LogP contribution in [0.4, 0.5) is 5.82 Å². The third-order valence-electron chi connectivity index (χ3n) is 3.82. The lowest BCUT2D eigenvalue weighted by Crippen LogP contribution is -2.48. The van der Waals surface area contributed by atoms with E-state index in [-0.39, 0.29) is 24.9 Å². The fraction of sp³-hybridized carbons (Fsp3) is 0.643. The van der Waals surface area contributed by atoms with Crippen molar-refractivity contribution in [3.05, 3.63) is 11.8 Å². The summed E-state index contributed by atoms with van der Waals surface area (Å²) in [6.45, 7) is 5.82. The lowest BCUT2D eigenvalue weighted by atomic mass is 9.81. The van der Waals surface area contributed by atoms with Gasteiger partial charge in [0.05, 0.1) is 12.0 Å². The predicted octanol–water partition coefficient (Wildman–Crippen LogP) is 1.15. The number of likely N-dealkylation sites (N-methyl/N-ethyl adjacent to an activating group) is 1. The number of anilines is 1. The molecule has 1 heterocycles. The number of nitrogens with one attached hydrogen (secondary N) is 1. The third-order valence-corrected chi connectivity index (χ3v) is 3.82. The first-order valence-corrected chi connectivity index (χ1v) is 7.07. The van der Waals surface area contributed by atoms with Gasteiger partial charge in [0, 0.05) is 19.7 Å². The SMILES string of the molecule is CCC(CC)(CN)C(=O)N(C)CC(=O)Nc1cc(C)on1. The summed E-state index contributed by atoms with van der Waals surface area (Å²) < 4.78 is 4.86. The number of nitrogens with two attached hydrogens (primary N) is 1. The van der Waals surface area contributed by atoms with Crippen LogP contribution in [-0.2, 0) is 9.59 Å². The van der Waals surface area contributed by atoms with E-state index in [0.29, 0.717) is 24.4 Å². The highest BCUT2D eigenvalue weighted by atomic mass is 16.5. The summed E-state index contributed by atoms with van der Waals surface area (Å²) in [5, 5.41) is 6.26. The van der Waals surface area contributed by atoms with Crippen LogP contribution < -0.4 is 11.1 Å². The van der Waals surface area contributed by atoms with Crippen LogP contribution in [-0.4, -0.2) is 42.0 Å². The van der Waals surface area contributed by atoms with Gasteiger partial charge >= 0.3 is 0 Å². The molecule has 0 aliphatic rings. The summed E-state index contributed by atoms with van der Waals surface area (Å²) >= 11 is 0. The maximum Gasteiger partial charge on any atom is 0.245 e. The number of nitrogens with zero attached hydrogens (tertiary/aromatic N) is 2. The van der Waals surface area contributed by atoms with Crippen molar-refractivity contribution < 1.29 is 14.1 Å². The van der Waals surface area contributed by atoms with Crippen molar-refractivity contribution in [3.63, 3.8) is 0 Å². The third kappa shape index (κ3) is 4.04. The maximum atomic E-state index is 12.5. The van der Waals surface area contributed by atoms with Gasteiger partial charge in [0.25, 0.3) is 0 Å².